The van der Waals surface area contributed by atoms with Crippen LogP contribution in [0, 0.1) is 12.8 Å². The molecule has 1 atom stereocenters. The molecule has 1 saturated heterocycles. The molecule has 0 aromatic carbocycles. The van der Waals surface area contributed by atoms with Crippen LogP contribution < -0.4 is 4.90 Å². The summed E-state index contributed by atoms with van der Waals surface area (Å²) >= 11 is 0. The molecule has 3 nitrogen and oxygen atoms in total. The molecule has 90 valence electrons. The summed E-state index contributed by atoms with van der Waals surface area (Å²) in [6.07, 6.45) is 6.33. The molecule has 1 aliphatic heterocycles. The van der Waals surface area contributed by atoms with Gasteiger partial charge in [0, 0.05) is 25.5 Å². The summed E-state index contributed by atoms with van der Waals surface area (Å²) in [5.41, 5.74) is 1.12. The van der Waals surface area contributed by atoms with Gasteiger partial charge < -0.3 is 4.90 Å². The van der Waals surface area contributed by atoms with Gasteiger partial charge in [-0.25, -0.2) is 9.97 Å². The Kier molecular flexibility index (Phi) is 5.23. The molecule has 16 heavy (non-hydrogen) atoms. The molecule has 0 bridgehead atoms. The first-order chi connectivity index (χ1) is 7.79. The van der Waals surface area contributed by atoms with Crippen LogP contribution in [0.4, 0.5) is 5.95 Å². The van der Waals surface area contributed by atoms with E-state index in [1.807, 2.05) is 33.2 Å². The van der Waals surface area contributed by atoms with Crippen LogP contribution >= 0.6 is 0 Å². The third-order valence-electron chi connectivity index (χ3n) is 2.91. The van der Waals surface area contributed by atoms with E-state index in [2.05, 4.69) is 21.8 Å². The number of nitrogens with zero attached hydrogens (tertiary/aromatic N) is 3. The third kappa shape index (κ3) is 3.19. The van der Waals surface area contributed by atoms with Gasteiger partial charge in [0.15, 0.2) is 0 Å². The summed E-state index contributed by atoms with van der Waals surface area (Å²) in [6, 6.07) is 0. The van der Waals surface area contributed by atoms with E-state index < -0.39 is 0 Å². The van der Waals surface area contributed by atoms with Gasteiger partial charge in [0.05, 0.1) is 0 Å². The minimum atomic E-state index is 0.833. The lowest BCUT2D eigenvalue weighted by Crippen LogP contribution is -2.21. The molecule has 0 saturated carbocycles. The van der Waals surface area contributed by atoms with Crippen molar-refractivity contribution in [2.75, 3.05) is 18.0 Å². The maximum Gasteiger partial charge on any atom is 0.225 e. The molecule has 3 heteroatoms. The monoisotopic (exact) mass is 221 g/mol. The predicted octanol–water partition coefficient (Wildman–Crippen LogP) is 3.05. The van der Waals surface area contributed by atoms with Crippen LogP contribution in [-0.2, 0) is 0 Å². The highest BCUT2D eigenvalue weighted by atomic mass is 15.3. The van der Waals surface area contributed by atoms with Gasteiger partial charge in [-0.3, -0.25) is 0 Å². The van der Waals surface area contributed by atoms with Gasteiger partial charge in [0.1, 0.15) is 0 Å². The van der Waals surface area contributed by atoms with E-state index in [-0.39, 0.29) is 0 Å². The third-order valence-corrected chi connectivity index (χ3v) is 2.91. The SMILES string of the molecule is CC.CCC1CCN(c2ncc(C)cn2)C1. The van der Waals surface area contributed by atoms with Crippen LogP contribution in [0.2, 0.25) is 0 Å². The van der Waals surface area contributed by atoms with Gasteiger partial charge in [0.25, 0.3) is 0 Å². The number of aromatic nitrogens is 2. The Bertz CT molecular complexity index is 295. The lowest BCUT2D eigenvalue weighted by atomic mass is 10.1. The van der Waals surface area contributed by atoms with Crippen LogP contribution in [0.15, 0.2) is 12.4 Å². The smallest absolute Gasteiger partial charge is 0.225 e. The van der Waals surface area contributed by atoms with Crippen molar-refractivity contribution >= 4 is 5.95 Å². The summed E-state index contributed by atoms with van der Waals surface area (Å²) in [6.45, 7) is 10.5. The Morgan fingerprint density at radius 2 is 1.94 bits per heavy atom. The van der Waals surface area contributed by atoms with Crippen molar-refractivity contribution in [2.24, 2.45) is 5.92 Å². The zero-order valence-corrected chi connectivity index (χ0v) is 10.9. The first-order valence-electron chi connectivity index (χ1n) is 6.33. The number of anilines is 1. The normalized spacial score (nSPS) is 19.2. The Hall–Kier alpha value is -1.12. The molecule has 1 aromatic heterocycles. The second kappa shape index (κ2) is 6.46. The van der Waals surface area contributed by atoms with Gasteiger partial charge in [0.2, 0.25) is 5.95 Å². The Balaban J connectivity index is 0.000000606. The fourth-order valence-corrected chi connectivity index (χ4v) is 1.90. The Morgan fingerprint density at radius 1 is 1.31 bits per heavy atom. The van der Waals surface area contributed by atoms with Crippen LogP contribution in [-0.4, -0.2) is 23.1 Å². The second-order valence-corrected chi connectivity index (χ2v) is 4.07. The summed E-state index contributed by atoms with van der Waals surface area (Å²) in [7, 11) is 0. The zero-order chi connectivity index (χ0) is 12.0. The maximum atomic E-state index is 4.34. The van der Waals surface area contributed by atoms with E-state index in [0.717, 1.165) is 30.5 Å². The Labute approximate surface area is 98.9 Å². The van der Waals surface area contributed by atoms with E-state index in [0.29, 0.717) is 0 Å². The average Bonchev–Trinajstić information content (AvgIpc) is 2.81. The largest absolute Gasteiger partial charge is 0.341 e. The number of hydrogen-bond donors (Lipinski definition) is 0. The van der Waals surface area contributed by atoms with Crippen molar-refractivity contribution in [3.05, 3.63) is 18.0 Å². The lowest BCUT2D eigenvalue weighted by Gasteiger charge is -2.15. The van der Waals surface area contributed by atoms with Gasteiger partial charge in [-0.05, 0) is 24.8 Å². The van der Waals surface area contributed by atoms with Crippen molar-refractivity contribution in [3.63, 3.8) is 0 Å². The summed E-state index contributed by atoms with van der Waals surface area (Å²) < 4.78 is 0. The molecule has 1 aliphatic rings. The van der Waals surface area contributed by atoms with Gasteiger partial charge >= 0.3 is 0 Å². The molecule has 1 unspecified atom stereocenters. The molecular formula is C13H23N3. The van der Waals surface area contributed by atoms with Gasteiger partial charge in [-0.15, -0.1) is 0 Å². The zero-order valence-electron chi connectivity index (χ0n) is 10.9. The van der Waals surface area contributed by atoms with E-state index in [9.17, 15) is 0 Å². The van der Waals surface area contributed by atoms with E-state index >= 15 is 0 Å². The molecule has 1 fully saturated rings. The lowest BCUT2D eigenvalue weighted by molar-refractivity contribution is 0.568. The van der Waals surface area contributed by atoms with Gasteiger partial charge in [-0.1, -0.05) is 27.2 Å². The molecule has 1 aromatic rings. The van der Waals surface area contributed by atoms with Crippen molar-refractivity contribution in [1.29, 1.82) is 0 Å². The van der Waals surface area contributed by atoms with E-state index in [1.165, 1.54) is 12.8 Å². The summed E-state index contributed by atoms with van der Waals surface area (Å²) in [5, 5.41) is 0. The minimum Gasteiger partial charge on any atom is -0.341 e. The highest BCUT2D eigenvalue weighted by molar-refractivity contribution is 5.31. The molecule has 0 spiro atoms. The van der Waals surface area contributed by atoms with Crippen molar-refractivity contribution in [2.45, 2.75) is 40.5 Å². The van der Waals surface area contributed by atoms with E-state index in [4.69, 9.17) is 0 Å². The molecule has 0 amide bonds. The molecule has 2 rings (SSSR count). The topological polar surface area (TPSA) is 29.0 Å². The molecule has 0 aliphatic carbocycles. The fraction of sp³-hybridized carbons (Fsp3) is 0.692. The first-order valence-corrected chi connectivity index (χ1v) is 6.33. The fourth-order valence-electron chi connectivity index (χ4n) is 1.90. The highest BCUT2D eigenvalue weighted by Crippen LogP contribution is 2.22. The van der Waals surface area contributed by atoms with Gasteiger partial charge in [-0.2, -0.15) is 0 Å². The number of rotatable bonds is 2. The highest BCUT2D eigenvalue weighted by Gasteiger charge is 2.22. The summed E-state index contributed by atoms with van der Waals surface area (Å²) in [5.74, 6) is 1.73. The molecule has 2 heterocycles. The average molecular weight is 221 g/mol. The van der Waals surface area contributed by atoms with Crippen molar-refractivity contribution in [1.82, 2.24) is 9.97 Å². The van der Waals surface area contributed by atoms with Crippen molar-refractivity contribution < 1.29 is 0 Å². The molecule has 0 radical (unpaired) electrons. The number of aryl methyl sites for hydroxylation is 1. The first kappa shape index (κ1) is 12.9. The standard InChI is InChI=1S/C11H17N3.C2H6/c1-3-10-4-5-14(8-10)11-12-6-9(2)7-13-11;1-2/h6-7,10H,3-5,8H2,1-2H3;1-2H3. The maximum absolute atomic E-state index is 4.34. The van der Waals surface area contributed by atoms with Crippen LogP contribution in [0.3, 0.4) is 0 Å². The molecule has 0 N–H and O–H groups in total. The quantitative estimate of drug-likeness (QED) is 0.768. The van der Waals surface area contributed by atoms with Crippen LogP contribution in [0.25, 0.3) is 0 Å². The summed E-state index contributed by atoms with van der Waals surface area (Å²) in [4.78, 5) is 11.0. The van der Waals surface area contributed by atoms with E-state index in [1.54, 1.807) is 0 Å². The number of hydrogen-bond acceptors (Lipinski definition) is 3. The predicted molar refractivity (Wildman–Crippen MR) is 68.7 cm³/mol. The molecular weight excluding hydrogens is 198 g/mol. The van der Waals surface area contributed by atoms with Crippen LogP contribution in [0.5, 0.6) is 0 Å². The van der Waals surface area contributed by atoms with Crippen molar-refractivity contribution in [3.8, 4) is 0 Å². The second-order valence-electron chi connectivity index (χ2n) is 4.07. The Morgan fingerprint density at radius 3 is 2.44 bits per heavy atom. The van der Waals surface area contributed by atoms with Crippen LogP contribution in [0.1, 0.15) is 39.2 Å². The minimum absolute atomic E-state index is 0.833.